The molecular formula is C16H30N2O. The first-order valence-corrected chi connectivity index (χ1v) is 7.81. The molecule has 0 spiro atoms. The van der Waals surface area contributed by atoms with Gasteiger partial charge >= 0.3 is 0 Å². The van der Waals surface area contributed by atoms with Crippen LogP contribution in [0.3, 0.4) is 0 Å². The van der Waals surface area contributed by atoms with Crippen LogP contribution in [-0.2, 0) is 4.74 Å². The molecule has 0 radical (unpaired) electrons. The molecule has 0 aromatic rings. The summed E-state index contributed by atoms with van der Waals surface area (Å²) in [4.78, 5) is 5.22. The molecule has 2 aliphatic rings. The summed E-state index contributed by atoms with van der Waals surface area (Å²) in [7, 11) is 0. The number of hydrogen-bond donors (Lipinski definition) is 0. The minimum absolute atomic E-state index is 0.139. The molecule has 2 saturated heterocycles. The largest absolute Gasteiger partial charge is 0.379 e. The van der Waals surface area contributed by atoms with E-state index in [1.807, 2.05) is 0 Å². The van der Waals surface area contributed by atoms with Crippen LogP contribution < -0.4 is 0 Å². The third kappa shape index (κ3) is 3.21. The second-order valence-corrected chi connectivity index (χ2v) is 6.32. The topological polar surface area (TPSA) is 15.7 Å². The lowest BCUT2D eigenvalue weighted by Gasteiger charge is -2.45. The van der Waals surface area contributed by atoms with Gasteiger partial charge in [-0.2, -0.15) is 0 Å². The lowest BCUT2D eigenvalue weighted by atomic mass is 9.86. The highest BCUT2D eigenvalue weighted by Gasteiger charge is 2.36. The van der Waals surface area contributed by atoms with E-state index < -0.39 is 0 Å². The van der Waals surface area contributed by atoms with Crippen molar-refractivity contribution in [1.29, 1.82) is 0 Å². The zero-order valence-electron chi connectivity index (χ0n) is 13.1. The van der Waals surface area contributed by atoms with Gasteiger partial charge in [0.2, 0.25) is 0 Å². The Morgan fingerprint density at radius 1 is 1.11 bits per heavy atom. The molecular weight excluding hydrogens is 236 g/mol. The molecule has 2 heterocycles. The zero-order valence-corrected chi connectivity index (χ0v) is 13.1. The van der Waals surface area contributed by atoms with Crippen molar-refractivity contribution < 1.29 is 4.74 Å². The van der Waals surface area contributed by atoms with E-state index in [9.17, 15) is 0 Å². The Morgan fingerprint density at radius 3 is 2.21 bits per heavy atom. The highest BCUT2D eigenvalue weighted by Crippen LogP contribution is 2.31. The Labute approximate surface area is 118 Å². The number of morpholine rings is 1. The molecule has 0 bridgehead atoms. The van der Waals surface area contributed by atoms with Crippen molar-refractivity contribution in [2.75, 3.05) is 39.4 Å². The van der Waals surface area contributed by atoms with Crippen molar-refractivity contribution in [1.82, 2.24) is 9.80 Å². The Bertz CT molecular complexity index is 313. The van der Waals surface area contributed by atoms with Crippen molar-refractivity contribution in [3.05, 3.63) is 11.6 Å². The van der Waals surface area contributed by atoms with Gasteiger partial charge in [0, 0.05) is 24.7 Å². The Morgan fingerprint density at radius 2 is 1.68 bits per heavy atom. The lowest BCUT2D eigenvalue weighted by Crippen LogP contribution is -2.54. The molecule has 19 heavy (non-hydrogen) atoms. The van der Waals surface area contributed by atoms with Crippen molar-refractivity contribution in [2.24, 2.45) is 0 Å². The predicted octanol–water partition coefficient (Wildman–Crippen LogP) is 2.53. The third-order valence-electron chi connectivity index (χ3n) is 4.96. The molecule has 0 aromatic carbocycles. The number of likely N-dealkylation sites (tertiary alicyclic amines) is 1. The van der Waals surface area contributed by atoms with Crippen LogP contribution in [0.25, 0.3) is 0 Å². The number of hydrogen-bond acceptors (Lipinski definition) is 3. The van der Waals surface area contributed by atoms with Crippen LogP contribution in [0.1, 0.15) is 40.5 Å². The average molecular weight is 266 g/mol. The molecule has 0 aromatic heterocycles. The van der Waals surface area contributed by atoms with Crippen molar-refractivity contribution in [3.63, 3.8) is 0 Å². The summed E-state index contributed by atoms with van der Waals surface area (Å²) >= 11 is 0. The van der Waals surface area contributed by atoms with Gasteiger partial charge in [0.05, 0.1) is 13.2 Å². The zero-order chi connectivity index (χ0) is 13.9. The lowest BCUT2D eigenvalue weighted by molar-refractivity contribution is -0.00224. The van der Waals surface area contributed by atoms with Crippen LogP contribution in [-0.4, -0.2) is 60.8 Å². The Hall–Kier alpha value is -0.380. The summed E-state index contributed by atoms with van der Waals surface area (Å²) in [5, 5.41) is 0. The van der Waals surface area contributed by atoms with Gasteiger partial charge in [-0.25, -0.2) is 0 Å². The van der Waals surface area contributed by atoms with E-state index >= 15 is 0 Å². The average Bonchev–Trinajstić information content (AvgIpc) is 2.94. The maximum absolute atomic E-state index is 5.50. The summed E-state index contributed by atoms with van der Waals surface area (Å²) in [5.41, 5.74) is 1.71. The van der Waals surface area contributed by atoms with E-state index in [-0.39, 0.29) is 5.54 Å². The smallest absolute Gasteiger partial charge is 0.0594 e. The van der Waals surface area contributed by atoms with Crippen LogP contribution >= 0.6 is 0 Å². The van der Waals surface area contributed by atoms with Gasteiger partial charge in [-0.1, -0.05) is 6.08 Å². The molecule has 3 heteroatoms. The van der Waals surface area contributed by atoms with E-state index in [0.29, 0.717) is 6.04 Å². The molecule has 0 aliphatic carbocycles. The van der Waals surface area contributed by atoms with Crippen LogP contribution in [0.2, 0.25) is 0 Å². The van der Waals surface area contributed by atoms with Gasteiger partial charge in [-0.3, -0.25) is 9.80 Å². The second-order valence-electron chi connectivity index (χ2n) is 6.32. The Balaban J connectivity index is 2.10. The summed E-state index contributed by atoms with van der Waals surface area (Å²) in [6.07, 6.45) is 5.07. The highest BCUT2D eigenvalue weighted by molar-refractivity contribution is 5.23. The van der Waals surface area contributed by atoms with E-state index in [0.717, 1.165) is 26.3 Å². The van der Waals surface area contributed by atoms with E-state index in [4.69, 9.17) is 4.74 Å². The van der Waals surface area contributed by atoms with Crippen LogP contribution in [0.15, 0.2) is 11.6 Å². The molecule has 0 amide bonds. The Kier molecular flexibility index (Phi) is 5.04. The molecule has 2 rings (SSSR count). The van der Waals surface area contributed by atoms with Gasteiger partial charge in [-0.15, -0.1) is 0 Å². The number of allylic oxidation sites excluding steroid dienone is 1. The molecule has 3 nitrogen and oxygen atoms in total. The number of nitrogens with zero attached hydrogens (tertiary/aromatic N) is 2. The fraction of sp³-hybridized carbons (Fsp3) is 0.875. The first-order valence-electron chi connectivity index (χ1n) is 7.81. The summed E-state index contributed by atoms with van der Waals surface area (Å²) in [5.74, 6) is 0. The van der Waals surface area contributed by atoms with Crippen molar-refractivity contribution in [2.45, 2.75) is 52.1 Å². The van der Waals surface area contributed by atoms with Crippen LogP contribution in [0.4, 0.5) is 0 Å². The van der Waals surface area contributed by atoms with Gasteiger partial charge in [0.15, 0.2) is 0 Å². The highest BCUT2D eigenvalue weighted by atomic mass is 16.5. The van der Waals surface area contributed by atoms with Crippen molar-refractivity contribution >= 4 is 0 Å². The van der Waals surface area contributed by atoms with E-state index in [2.05, 4.69) is 43.6 Å². The predicted molar refractivity (Wildman–Crippen MR) is 80.5 cm³/mol. The molecule has 0 saturated carbocycles. The van der Waals surface area contributed by atoms with Gasteiger partial charge < -0.3 is 4.74 Å². The van der Waals surface area contributed by atoms with Crippen LogP contribution in [0.5, 0.6) is 0 Å². The minimum Gasteiger partial charge on any atom is -0.379 e. The first-order chi connectivity index (χ1) is 9.07. The van der Waals surface area contributed by atoms with Gasteiger partial charge in [0.25, 0.3) is 0 Å². The molecule has 0 N–H and O–H groups in total. The molecule has 2 fully saturated rings. The number of rotatable bonds is 4. The quantitative estimate of drug-likeness (QED) is 0.727. The SMILES string of the molecule is CC=C(C(C)N1CCCC1)C(C)(C)N1CCOCC1. The van der Waals surface area contributed by atoms with Gasteiger partial charge in [0.1, 0.15) is 0 Å². The molecule has 1 unspecified atom stereocenters. The van der Waals surface area contributed by atoms with Crippen LogP contribution in [0, 0.1) is 0 Å². The molecule has 1 atom stereocenters. The monoisotopic (exact) mass is 266 g/mol. The minimum atomic E-state index is 0.139. The number of ether oxygens (including phenoxy) is 1. The third-order valence-corrected chi connectivity index (χ3v) is 4.96. The first kappa shape index (κ1) is 15.0. The van der Waals surface area contributed by atoms with E-state index in [1.54, 1.807) is 5.57 Å². The van der Waals surface area contributed by atoms with Gasteiger partial charge in [-0.05, 0) is 59.2 Å². The molecule has 110 valence electrons. The normalized spacial score (nSPS) is 25.8. The summed E-state index contributed by atoms with van der Waals surface area (Å²) in [6, 6.07) is 0.561. The summed E-state index contributed by atoms with van der Waals surface area (Å²) < 4.78 is 5.50. The maximum Gasteiger partial charge on any atom is 0.0594 e. The molecule has 2 aliphatic heterocycles. The van der Waals surface area contributed by atoms with E-state index in [1.165, 1.54) is 25.9 Å². The fourth-order valence-corrected chi connectivity index (χ4v) is 3.74. The second kappa shape index (κ2) is 6.38. The fourth-order valence-electron chi connectivity index (χ4n) is 3.74. The standard InChI is InChI=1S/C16H30N2O/c1-5-15(14(2)17-8-6-7-9-17)16(3,4)18-10-12-19-13-11-18/h5,14H,6-13H2,1-4H3. The van der Waals surface area contributed by atoms with Crippen molar-refractivity contribution in [3.8, 4) is 0 Å². The maximum atomic E-state index is 5.50. The summed E-state index contributed by atoms with van der Waals surface area (Å²) in [6.45, 7) is 15.7.